The summed E-state index contributed by atoms with van der Waals surface area (Å²) in [4.78, 5) is 31.7. The van der Waals surface area contributed by atoms with Crippen molar-refractivity contribution in [2.24, 2.45) is 0 Å². The zero-order chi connectivity index (χ0) is 17.0. The average Bonchev–Trinajstić information content (AvgIpc) is 2.91. The van der Waals surface area contributed by atoms with Gasteiger partial charge in [-0.15, -0.1) is 11.3 Å². The lowest BCUT2D eigenvalue weighted by molar-refractivity contribution is -0.175. The summed E-state index contributed by atoms with van der Waals surface area (Å²) in [5.41, 5.74) is 0.262. The van der Waals surface area contributed by atoms with Crippen LogP contribution in [0.5, 0.6) is 0 Å². The Morgan fingerprint density at radius 3 is 2.91 bits per heavy atom. The maximum absolute atomic E-state index is 11.9. The van der Waals surface area contributed by atoms with Crippen molar-refractivity contribution in [3.05, 3.63) is 27.6 Å². The van der Waals surface area contributed by atoms with E-state index in [4.69, 9.17) is 0 Å². The molecule has 2 heterocycles. The fraction of sp³-hybridized carbons (Fsp3) is 0.462. The molecule has 0 aromatic carbocycles. The Labute approximate surface area is 132 Å². The molecule has 126 valence electrons. The molecule has 0 bridgehead atoms. The monoisotopic (exact) mass is 349 g/mol. The number of aromatic nitrogens is 2. The number of fused-ring (bicyclic) bond motifs is 1. The minimum atomic E-state index is -4.41. The molecular weight excluding hydrogens is 335 g/mol. The third kappa shape index (κ3) is 5.03. The molecule has 0 atom stereocenters. The van der Waals surface area contributed by atoms with Gasteiger partial charge in [0.15, 0.2) is 0 Å². The smallest absolute Gasteiger partial charge is 0.372 e. The molecule has 10 heteroatoms. The Morgan fingerprint density at radius 2 is 2.22 bits per heavy atom. The summed E-state index contributed by atoms with van der Waals surface area (Å²) in [5.74, 6) is -0.0896. The minimum Gasteiger partial charge on any atom is -0.372 e. The van der Waals surface area contributed by atoms with Crippen molar-refractivity contribution in [3.8, 4) is 0 Å². The molecule has 0 spiro atoms. The molecule has 1 amide bonds. The van der Waals surface area contributed by atoms with Crippen LogP contribution in [0, 0.1) is 0 Å². The number of rotatable bonds is 6. The third-order valence-corrected chi connectivity index (χ3v) is 3.80. The number of nitrogens with one attached hydrogen (secondary N) is 1. The van der Waals surface area contributed by atoms with Gasteiger partial charge in [0.2, 0.25) is 5.91 Å². The highest BCUT2D eigenvalue weighted by atomic mass is 32.1. The van der Waals surface area contributed by atoms with E-state index in [2.05, 4.69) is 14.7 Å². The minimum absolute atomic E-state index is 0.0547. The lowest BCUT2D eigenvalue weighted by Crippen LogP contribution is -2.29. The summed E-state index contributed by atoms with van der Waals surface area (Å²) in [7, 11) is 1.48. The number of amides is 1. The standard InChI is InChI=1S/C13H14F3N3O3S/c1-19(10(20)2-4-22-7-13(14,15)16)6-9-17-8-3-5-23-11(8)12(21)18-9/h3,5H,2,4,6-7H2,1H3,(H,17,18,21). The van der Waals surface area contributed by atoms with Crippen molar-refractivity contribution in [2.75, 3.05) is 20.3 Å². The van der Waals surface area contributed by atoms with Crippen LogP contribution in [0.1, 0.15) is 12.2 Å². The number of aromatic amines is 1. The number of halogens is 3. The van der Waals surface area contributed by atoms with Gasteiger partial charge in [-0.05, 0) is 11.4 Å². The molecule has 0 saturated carbocycles. The van der Waals surface area contributed by atoms with Crippen molar-refractivity contribution in [1.82, 2.24) is 14.9 Å². The summed E-state index contributed by atoms with van der Waals surface area (Å²) >= 11 is 1.27. The van der Waals surface area contributed by atoms with Crippen molar-refractivity contribution in [1.29, 1.82) is 0 Å². The quantitative estimate of drug-likeness (QED) is 0.809. The van der Waals surface area contributed by atoms with E-state index in [1.165, 1.54) is 23.3 Å². The van der Waals surface area contributed by atoms with Gasteiger partial charge < -0.3 is 14.6 Å². The zero-order valence-corrected chi connectivity index (χ0v) is 13.0. The summed E-state index contributed by atoms with van der Waals surface area (Å²) in [6.45, 7) is -1.65. The molecule has 23 heavy (non-hydrogen) atoms. The molecule has 1 N–H and O–H groups in total. The highest BCUT2D eigenvalue weighted by molar-refractivity contribution is 7.17. The summed E-state index contributed by atoms with van der Waals surface area (Å²) in [6, 6.07) is 1.70. The number of thiophene rings is 1. The molecule has 0 aliphatic heterocycles. The van der Waals surface area contributed by atoms with Crippen LogP contribution in [0.15, 0.2) is 16.2 Å². The summed E-state index contributed by atoms with van der Waals surface area (Å²) in [6.07, 6.45) is -4.59. The Kier molecular flexibility index (Phi) is 5.37. The van der Waals surface area contributed by atoms with Crippen LogP contribution < -0.4 is 5.56 Å². The predicted molar refractivity (Wildman–Crippen MR) is 78.2 cm³/mol. The molecule has 2 aromatic heterocycles. The predicted octanol–water partition coefficient (Wildman–Crippen LogP) is 1.91. The Hall–Kier alpha value is -1.94. The van der Waals surface area contributed by atoms with E-state index < -0.39 is 18.7 Å². The van der Waals surface area contributed by atoms with E-state index in [1.54, 1.807) is 11.4 Å². The third-order valence-electron chi connectivity index (χ3n) is 2.90. The second-order valence-electron chi connectivity index (χ2n) is 4.82. The first-order valence-electron chi connectivity index (χ1n) is 6.61. The zero-order valence-electron chi connectivity index (χ0n) is 12.1. The van der Waals surface area contributed by atoms with E-state index >= 15 is 0 Å². The first-order chi connectivity index (χ1) is 10.8. The molecule has 2 aromatic rings. The maximum Gasteiger partial charge on any atom is 0.411 e. The molecule has 0 aliphatic rings. The van der Waals surface area contributed by atoms with Gasteiger partial charge in [-0.2, -0.15) is 13.2 Å². The fourth-order valence-corrected chi connectivity index (χ4v) is 2.57. The fourth-order valence-electron chi connectivity index (χ4n) is 1.85. The van der Waals surface area contributed by atoms with Gasteiger partial charge in [0.1, 0.15) is 17.1 Å². The van der Waals surface area contributed by atoms with E-state index in [0.29, 0.717) is 16.0 Å². The van der Waals surface area contributed by atoms with Crippen molar-refractivity contribution in [3.63, 3.8) is 0 Å². The Balaban J connectivity index is 1.88. The first-order valence-corrected chi connectivity index (χ1v) is 7.49. The number of carbonyl (C=O) groups is 1. The number of nitrogens with zero attached hydrogens (tertiary/aromatic N) is 2. The maximum atomic E-state index is 11.9. The van der Waals surface area contributed by atoms with E-state index in [1.807, 2.05) is 0 Å². The van der Waals surface area contributed by atoms with Gasteiger partial charge >= 0.3 is 6.18 Å². The SMILES string of the molecule is CN(Cc1nc2ccsc2c(=O)[nH]1)C(=O)CCOCC(F)(F)F. The van der Waals surface area contributed by atoms with Gasteiger partial charge in [-0.3, -0.25) is 9.59 Å². The molecule has 0 unspecified atom stereocenters. The highest BCUT2D eigenvalue weighted by Gasteiger charge is 2.27. The molecule has 0 aliphatic carbocycles. The lowest BCUT2D eigenvalue weighted by Gasteiger charge is -2.16. The van der Waals surface area contributed by atoms with Gasteiger partial charge in [0, 0.05) is 7.05 Å². The lowest BCUT2D eigenvalue weighted by atomic mass is 10.3. The Morgan fingerprint density at radius 1 is 1.48 bits per heavy atom. The van der Waals surface area contributed by atoms with E-state index in [9.17, 15) is 22.8 Å². The average molecular weight is 349 g/mol. The normalized spacial score (nSPS) is 11.8. The number of hydrogen-bond acceptors (Lipinski definition) is 5. The van der Waals surface area contributed by atoms with E-state index in [-0.39, 0.29) is 25.1 Å². The van der Waals surface area contributed by atoms with Gasteiger partial charge in [-0.1, -0.05) is 0 Å². The van der Waals surface area contributed by atoms with Crippen LogP contribution in [0.25, 0.3) is 10.2 Å². The first kappa shape index (κ1) is 17.4. The van der Waals surface area contributed by atoms with Crippen LogP contribution in [0.2, 0.25) is 0 Å². The molecule has 0 fully saturated rings. The Bertz CT molecular complexity index is 741. The second kappa shape index (κ2) is 7.09. The number of H-pyrrole nitrogens is 1. The van der Waals surface area contributed by atoms with Crippen molar-refractivity contribution < 1.29 is 22.7 Å². The van der Waals surface area contributed by atoms with Crippen LogP contribution in [-0.2, 0) is 16.1 Å². The molecule has 0 radical (unpaired) electrons. The van der Waals surface area contributed by atoms with Crippen LogP contribution in [0.3, 0.4) is 0 Å². The molecule has 6 nitrogen and oxygen atoms in total. The van der Waals surface area contributed by atoms with Crippen molar-refractivity contribution >= 4 is 27.5 Å². The van der Waals surface area contributed by atoms with Gasteiger partial charge in [0.25, 0.3) is 5.56 Å². The van der Waals surface area contributed by atoms with E-state index in [0.717, 1.165) is 0 Å². The molecular formula is C13H14F3N3O3S. The topological polar surface area (TPSA) is 75.3 Å². The highest BCUT2D eigenvalue weighted by Crippen LogP contribution is 2.15. The number of hydrogen-bond donors (Lipinski definition) is 1. The molecule has 0 saturated heterocycles. The largest absolute Gasteiger partial charge is 0.411 e. The number of ether oxygens (including phenoxy) is 1. The van der Waals surface area contributed by atoms with Crippen molar-refractivity contribution in [2.45, 2.75) is 19.1 Å². The number of carbonyl (C=O) groups excluding carboxylic acids is 1. The van der Waals surface area contributed by atoms with Gasteiger partial charge in [0.05, 0.1) is 25.1 Å². The van der Waals surface area contributed by atoms with Crippen LogP contribution in [0.4, 0.5) is 13.2 Å². The van der Waals surface area contributed by atoms with Crippen LogP contribution in [-0.4, -0.2) is 47.2 Å². The second-order valence-corrected chi connectivity index (χ2v) is 5.73. The van der Waals surface area contributed by atoms with Gasteiger partial charge in [-0.25, -0.2) is 4.98 Å². The number of alkyl halides is 3. The van der Waals surface area contributed by atoms with Crippen LogP contribution >= 0.6 is 11.3 Å². The summed E-state index contributed by atoms with van der Waals surface area (Å²) in [5, 5.41) is 1.74. The summed E-state index contributed by atoms with van der Waals surface area (Å²) < 4.78 is 40.6. The molecule has 2 rings (SSSR count).